The third-order valence-corrected chi connectivity index (χ3v) is 3.77. The molecule has 104 valence electrons. The minimum Gasteiger partial charge on any atom is -0.481 e. The van der Waals surface area contributed by atoms with E-state index in [2.05, 4.69) is 5.10 Å². The predicted molar refractivity (Wildman–Crippen MR) is 67.0 cm³/mol. The maximum Gasteiger partial charge on any atom is 0.313 e. The average molecular weight is 267 g/mol. The van der Waals surface area contributed by atoms with Crippen molar-refractivity contribution in [2.24, 2.45) is 5.92 Å². The van der Waals surface area contributed by atoms with Crippen molar-refractivity contribution in [3.8, 4) is 0 Å². The van der Waals surface area contributed by atoms with Crippen molar-refractivity contribution in [2.75, 3.05) is 0 Å². The van der Waals surface area contributed by atoms with Crippen LogP contribution in [0.4, 0.5) is 5.69 Å². The smallest absolute Gasteiger partial charge is 0.313 e. The van der Waals surface area contributed by atoms with Gasteiger partial charge in [0.05, 0.1) is 16.9 Å². The van der Waals surface area contributed by atoms with Crippen molar-refractivity contribution in [2.45, 2.75) is 45.6 Å². The predicted octanol–water partition coefficient (Wildman–Crippen LogP) is 1.95. The van der Waals surface area contributed by atoms with E-state index >= 15 is 0 Å². The van der Waals surface area contributed by atoms with Crippen LogP contribution in [-0.2, 0) is 17.6 Å². The average Bonchev–Trinajstić information content (AvgIpc) is 2.65. The molecule has 1 aromatic heterocycles. The van der Waals surface area contributed by atoms with E-state index in [1.165, 1.54) is 0 Å². The molecule has 1 heterocycles. The second kappa shape index (κ2) is 4.99. The summed E-state index contributed by atoms with van der Waals surface area (Å²) in [6, 6.07) is -0.244. The molecule has 2 atom stereocenters. The summed E-state index contributed by atoms with van der Waals surface area (Å²) < 4.78 is 1.58. The van der Waals surface area contributed by atoms with Gasteiger partial charge in [-0.2, -0.15) is 5.10 Å². The van der Waals surface area contributed by atoms with Crippen molar-refractivity contribution in [1.82, 2.24) is 9.78 Å². The highest BCUT2D eigenvalue weighted by Crippen LogP contribution is 2.41. The van der Waals surface area contributed by atoms with Gasteiger partial charge in [0.1, 0.15) is 11.4 Å². The van der Waals surface area contributed by atoms with Gasteiger partial charge in [-0.3, -0.25) is 19.6 Å². The van der Waals surface area contributed by atoms with Gasteiger partial charge in [0, 0.05) is 0 Å². The molecule has 2 unspecified atom stereocenters. The van der Waals surface area contributed by atoms with Gasteiger partial charge >= 0.3 is 11.7 Å². The molecule has 0 spiro atoms. The summed E-state index contributed by atoms with van der Waals surface area (Å²) in [4.78, 5) is 21.8. The number of aryl methyl sites for hydroxylation is 1. The van der Waals surface area contributed by atoms with Crippen LogP contribution in [0.15, 0.2) is 0 Å². The maximum absolute atomic E-state index is 11.2. The highest BCUT2D eigenvalue weighted by atomic mass is 16.6. The molecule has 0 radical (unpaired) electrons. The Bertz CT molecular complexity index is 523. The molecular weight excluding hydrogens is 250 g/mol. The number of carboxylic acids is 1. The number of carbonyl (C=O) groups is 1. The number of nitro groups is 1. The standard InChI is InChI=1S/C12H17N3O4/c1-3-8-11(15(18)19)9(4-2)14(13-8)10-6-5-7(10)12(16)17/h7,10H,3-6H2,1-2H3,(H,16,17). The zero-order valence-corrected chi connectivity index (χ0v) is 11.0. The minimum absolute atomic E-state index is 0.0565. The molecular formula is C12H17N3O4. The first-order valence-electron chi connectivity index (χ1n) is 6.48. The van der Waals surface area contributed by atoms with Gasteiger partial charge < -0.3 is 5.11 Å². The molecule has 1 fully saturated rings. The van der Waals surface area contributed by atoms with Crippen molar-refractivity contribution in [1.29, 1.82) is 0 Å². The monoisotopic (exact) mass is 267 g/mol. The van der Waals surface area contributed by atoms with Crippen LogP contribution in [0.5, 0.6) is 0 Å². The van der Waals surface area contributed by atoms with E-state index in [1.54, 1.807) is 4.68 Å². The number of carboxylic acid groups (broad SMARTS) is 1. The van der Waals surface area contributed by atoms with Crippen LogP contribution in [0.2, 0.25) is 0 Å². The fraction of sp³-hybridized carbons (Fsp3) is 0.667. The Morgan fingerprint density at radius 2 is 2.16 bits per heavy atom. The van der Waals surface area contributed by atoms with E-state index in [1.807, 2.05) is 13.8 Å². The fourth-order valence-electron chi connectivity index (χ4n) is 2.63. The van der Waals surface area contributed by atoms with Crippen molar-refractivity contribution >= 4 is 11.7 Å². The number of rotatable bonds is 5. The Kier molecular flexibility index (Phi) is 3.55. The molecule has 1 saturated carbocycles. The third kappa shape index (κ3) is 2.09. The molecule has 7 nitrogen and oxygen atoms in total. The van der Waals surface area contributed by atoms with Gasteiger partial charge in [0.15, 0.2) is 0 Å². The van der Waals surface area contributed by atoms with Crippen LogP contribution < -0.4 is 0 Å². The zero-order valence-electron chi connectivity index (χ0n) is 11.0. The molecule has 7 heteroatoms. The van der Waals surface area contributed by atoms with E-state index < -0.39 is 16.8 Å². The molecule has 1 N–H and O–H groups in total. The summed E-state index contributed by atoms with van der Waals surface area (Å²) in [6.45, 7) is 3.64. The van der Waals surface area contributed by atoms with E-state index in [0.717, 1.165) is 0 Å². The zero-order chi connectivity index (χ0) is 14.2. The first-order valence-corrected chi connectivity index (χ1v) is 6.48. The second-order valence-electron chi connectivity index (χ2n) is 4.74. The molecule has 0 aliphatic heterocycles. The lowest BCUT2D eigenvalue weighted by molar-refractivity contribution is -0.386. The quantitative estimate of drug-likeness (QED) is 0.649. The normalized spacial score (nSPS) is 22.0. The number of nitrogens with zero attached hydrogens (tertiary/aromatic N) is 3. The van der Waals surface area contributed by atoms with Crippen LogP contribution >= 0.6 is 0 Å². The van der Waals surface area contributed by atoms with Crippen molar-refractivity contribution in [3.63, 3.8) is 0 Å². The molecule has 2 rings (SSSR count). The van der Waals surface area contributed by atoms with E-state index in [-0.39, 0.29) is 11.7 Å². The lowest BCUT2D eigenvalue weighted by atomic mass is 9.79. The number of hydrogen-bond acceptors (Lipinski definition) is 4. The summed E-state index contributed by atoms with van der Waals surface area (Å²) in [5.41, 5.74) is 1.04. The van der Waals surface area contributed by atoms with Crippen molar-refractivity contribution in [3.05, 3.63) is 21.5 Å². The maximum atomic E-state index is 11.2. The van der Waals surface area contributed by atoms with Gasteiger partial charge in [0.25, 0.3) is 0 Å². The first kappa shape index (κ1) is 13.5. The summed E-state index contributed by atoms with van der Waals surface area (Å²) in [5.74, 6) is -1.33. The Morgan fingerprint density at radius 1 is 1.47 bits per heavy atom. The van der Waals surface area contributed by atoms with Crippen LogP contribution in [0.3, 0.4) is 0 Å². The molecule has 1 aliphatic rings. The van der Waals surface area contributed by atoms with Crippen LogP contribution in [-0.4, -0.2) is 25.8 Å². The lowest BCUT2D eigenvalue weighted by Crippen LogP contribution is -2.36. The van der Waals surface area contributed by atoms with E-state index in [0.29, 0.717) is 37.1 Å². The second-order valence-corrected chi connectivity index (χ2v) is 4.74. The molecule has 19 heavy (non-hydrogen) atoms. The SMILES string of the molecule is CCc1nn(C2CCC2C(=O)O)c(CC)c1[N+](=O)[O-]. The van der Waals surface area contributed by atoms with Crippen molar-refractivity contribution < 1.29 is 14.8 Å². The Balaban J connectivity index is 2.46. The van der Waals surface area contributed by atoms with Crippen LogP contribution in [0.1, 0.15) is 44.1 Å². The Hall–Kier alpha value is -1.92. The first-order chi connectivity index (χ1) is 9.01. The fourth-order valence-corrected chi connectivity index (χ4v) is 2.63. The molecule has 1 aliphatic carbocycles. The highest BCUT2D eigenvalue weighted by molar-refractivity contribution is 5.71. The topological polar surface area (TPSA) is 98.3 Å². The van der Waals surface area contributed by atoms with E-state index in [4.69, 9.17) is 5.11 Å². The Morgan fingerprint density at radius 3 is 2.53 bits per heavy atom. The number of aromatic nitrogens is 2. The largest absolute Gasteiger partial charge is 0.481 e. The highest BCUT2D eigenvalue weighted by Gasteiger charge is 2.41. The van der Waals surface area contributed by atoms with Gasteiger partial charge in [-0.05, 0) is 25.7 Å². The van der Waals surface area contributed by atoms with E-state index in [9.17, 15) is 14.9 Å². The molecule has 1 aromatic rings. The minimum atomic E-state index is -0.852. The summed E-state index contributed by atoms with van der Waals surface area (Å²) in [7, 11) is 0. The van der Waals surface area contributed by atoms with Gasteiger partial charge in [-0.25, -0.2) is 0 Å². The molecule has 0 aromatic carbocycles. The Labute approximate surface area is 110 Å². The molecule has 0 amide bonds. The van der Waals surface area contributed by atoms with Gasteiger partial charge in [-0.1, -0.05) is 13.8 Å². The summed E-state index contributed by atoms with van der Waals surface area (Å²) in [6.07, 6.45) is 2.27. The van der Waals surface area contributed by atoms with Crippen LogP contribution in [0, 0.1) is 16.0 Å². The van der Waals surface area contributed by atoms with Gasteiger partial charge in [0.2, 0.25) is 0 Å². The number of hydrogen-bond donors (Lipinski definition) is 1. The van der Waals surface area contributed by atoms with Gasteiger partial charge in [-0.15, -0.1) is 0 Å². The third-order valence-electron chi connectivity index (χ3n) is 3.77. The molecule has 0 bridgehead atoms. The lowest BCUT2D eigenvalue weighted by Gasteiger charge is -2.34. The summed E-state index contributed by atoms with van der Waals surface area (Å²) in [5, 5.41) is 24.5. The molecule has 0 saturated heterocycles. The number of aliphatic carboxylic acids is 1. The summed E-state index contributed by atoms with van der Waals surface area (Å²) >= 11 is 0. The van der Waals surface area contributed by atoms with Crippen LogP contribution in [0.25, 0.3) is 0 Å².